The summed E-state index contributed by atoms with van der Waals surface area (Å²) in [5.74, 6) is -3.42. The average molecular weight is 480 g/mol. The minimum atomic E-state index is -1.26. The standard InChI is InChI=1S/C23H28F3N5O3/c1-12-4-16(34-30-12)7-21(32)29-11-22(33)31-14-2-3-15(31)10-23(28,9-14)20(27)6-13-5-18(25)19(26)8-17(13)24/h4-5,8,14-15,20H,2-3,6-7,9-11,27-28H2,1H3,(H,29,32)/t14-,15?,20?,23?/m0/s1. The largest absolute Gasteiger partial charge is 0.361 e. The number of piperidine rings is 1. The number of aromatic nitrogens is 1. The van der Waals surface area contributed by atoms with Crippen LogP contribution in [0.1, 0.15) is 42.7 Å². The summed E-state index contributed by atoms with van der Waals surface area (Å²) < 4.78 is 45.9. The number of fused-ring (bicyclic) bond motifs is 2. The number of nitrogens with zero attached hydrogens (tertiary/aromatic N) is 2. The number of carbonyl (C=O) groups excluding carboxylic acids is 2. The maximum Gasteiger partial charge on any atom is 0.242 e. The lowest BCUT2D eigenvalue weighted by Crippen LogP contribution is -2.65. The van der Waals surface area contributed by atoms with Gasteiger partial charge in [-0.05, 0) is 50.7 Å². The molecule has 2 amide bonds. The van der Waals surface area contributed by atoms with Crippen LogP contribution in [0, 0.1) is 24.4 Å². The van der Waals surface area contributed by atoms with Gasteiger partial charge in [0.05, 0.1) is 18.7 Å². The molecule has 34 heavy (non-hydrogen) atoms. The van der Waals surface area contributed by atoms with Gasteiger partial charge in [0.1, 0.15) is 11.6 Å². The van der Waals surface area contributed by atoms with E-state index in [1.165, 1.54) is 0 Å². The van der Waals surface area contributed by atoms with Crippen LogP contribution in [0.25, 0.3) is 0 Å². The van der Waals surface area contributed by atoms with Crippen LogP contribution in [-0.2, 0) is 22.4 Å². The molecule has 11 heteroatoms. The molecule has 4 atom stereocenters. The summed E-state index contributed by atoms with van der Waals surface area (Å²) in [6.07, 6.45) is 2.21. The molecule has 1 aromatic carbocycles. The highest BCUT2D eigenvalue weighted by molar-refractivity contribution is 5.86. The van der Waals surface area contributed by atoms with Crippen molar-refractivity contribution in [2.75, 3.05) is 6.54 Å². The Bertz CT molecular complexity index is 1080. The molecule has 2 saturated heterocycles. The lowest BCUT2D eigenvalue weighted by atomic mass is 9.76. The molecule has 0 spiro atoms. The molecule has 3 unspecified atom stereocenters. The molecule has 2 aromatic rings. The Morgan fingerprint density at radius 1 is 1.18 bits per heavy atom. The summed E-state index contributed by atoms with van der Waals surface area (Å²) in [6, 6.07) is 1.93. The maximum atomic E-state index is 14.1. The minimum absolute atomic E-state index is 0.0116. The van der Waals surface area contributed by atoms with Crippen molar-refractivity contribution in [1.29, 1.82) is 0 Å². The van der Waals surface area contributed by atoms with E-state index in [-0.39, 0.29) is 48.8 Å². The molecule has 0 radical (unpaired) electrons. The van der Waals surface area contributed by atoms with Crippen LogP contribution in [0.15, 0.2) is 22.7 Å². The predicted molar refractivity (Wildman–Crippen MR) is 116 cm³/mol. The van der Waals surface area contributed by atoms with Gasteiger partial charge in [0.2, 0.25) is 11.8 Å². The van der Waals surface area contributed by atoms with Gasteiger partial charge in [-0.2, -0.15) is 0 Å². The van der Waals surface area contributed by atoms with Gasteiger partial charge in [0.15, 0.2) is 11.6 Å². The molecule has 2 fully saturated rings. The van der Waals surface area contributed by atoms with E-state index in [0.29, 0.717) is 30.4 Å². The molecule has 1 aromatic heterocycles. The summed E-state index contributed by atoms with van der Waals surface area (Å²) in [4.78, 5) is 26.8. The van der Waals surface area contributed by atoms with E-state index in [1.54, 1.807) is 17.9 Å². The first-order chi connectivity index (χ1) is 16.1. The molecule has 184 valence electrons. The first kappa shape index (κ1) is 24.2. The summed E-state index contributed by atoms with van der Waals surface area (Å²) in [5, 5.41) is 6.34. The van der Waals surface area contributed by atoms with E-state index in [9.17, 15) is 22.8 Å². The van der Waals surface area contributed by atoms with Crippen LogP contribution in [-0.4, -0.2) is 52.1 Å². The fourth-order valence-electron chi connectivity index (χ4n) is 5.18. The molecule has 4 rings (SSSR count). The smallest absolute Gasteiger partial charge is 0.242 e. The van der Waals surface area contributed by atoms with E-state index >= 15 is 0 Å². The van der Waals surface area contributed by atoms with Crippen molar-refractivity contribution in [2.45, 2.75) is 69.1 Å². The number of benzene rings is 1. The number of hydrogen-bond donors (Lipinski definition) is 3. The van der Waals surface area contributed by atoms with Crippen molar-refractivity contribution in [3.63, 3.8) is 0 Å². The summed E-state index contributed by atoms with van der Waals surface area (Å²) in [6.45, 7) is 1.60. The molecule has 0 saturated carbocycles. The number of carbonyl (C=O) groups is 2. The number of halogens is 3. The molecular formula is C23H28F3N5O3. The molecule has 2 aliphatic heterocycles. The fourth-order valence-corrected chi connectivity index (χ4v) is 5.18. The van der Waals surface area contributed by atoms with Crippen molar-refractivity contribution in [3.8, 4) is 0 Å². The molecule has 2 aliphatic rings. The Morgan fingerprint density at radius 3 is 2.44 bits per heavy atom. The van der Waals surface area contributed by atoms with E-state index < -0.39 is 29.0 Å². The van der Waals surface area contributed by atoms with Gasteiger partial charge in [0, 0.05) is 35.8 Å². The van der Waals surface area contributed by atoms with Crippen LogP contribution in [0.2, 0.25) is 0 Å². The Hall–Kier alpha value is -2.92. The molecule has 8 nitrogen and oxygen atoms in total. The van der Waals surface area contributed by atoms with Crippen molar-refractivity contribution >= 4 is 11.8 Å². The predicted octanol–water partition coefficient (Wildman–Crippen LogP) is 1.48. The van der Waals surface area contributed by atoms with Crippen LogP contribution in [0.5, 0.6) is 0 Å². The quantitative estimate of drug-likeness (QED) is 0.517. The van der Waals surface area contributed by atoms with E-state index in [2.05, 4.69) is 10.5 Å². The number of nitrogens with two attached hydrogens (primary N) is 2. The second-order valence-corrected chi connectivity index (χ2v) is 9.38. The normalized spacial score (nSPS) is 24.8. The first-order valence-electron chi connectivity index (χ1n) is 11.2. The number of hydrogen-bond acceptors (Lipinski definition) is 6. The molecule has 5 N–H and O–H groups in total. The van der Waals surface area contributed by atoms with Gasteiger partial charge in [-0.25, -0.2) is 13.2 Å². The second kappa shape index (κ2) is 9.38. The van der Waals surface area contributed by atoms with Gasteiger partial charge in [-0.3, -0.25) is 9.59 Å². The summed E-state index contributed by atoms with van der Waals surface area (Å²) in [5.41, 5.74) is 12.7. The van der Waals surface area contributed by atoms with E-state index in [0.717, 1.165) is 18.9 Å². The summed E-state index contributed by atoms with van der Waals surface area (Å²) >= 11 is 0. The van der Waals surface area contributed by atoms with Crippen molar-refractivity contribution in [3.05, 3.63) is 52.7 Å². The van der Waals surface area contributed by atoms with Crippen molar-refractivity contribution in [1.82, 2.24) is 15.4 Å². The van der Waals surface area contributed by atoms with Gasteiger partial charge >= 0.3 is 0 Å². The van der Waals surface area contributed by atoms with Crippen LogP contribution in [0.3, 0.4) is 0 Å². The average Bonchev–Trinajstić information content (AvgIpc) is 3.30. The van der Waals surface area contributed by atoms with Gasteiger partial charge in [-0.15, -0.1) is 0 Å². The lowest BCUT2D eigenvalue weighted by molar-refractivity contribution is -0.137. The topological polar surface area (TPSA) is 127 Å². The monoisotopic (exact) mass is 479 g/mol. The van der Waals surface area contributed by atoms with Gasteiger partial charge < -0.3 is 26.2 Å². The highest BCUT2D eigenvalue weighted by Gasteiger charge is 2.50. The van der Waals surface area contributed by atoms with E-state index in [1.807, 2.05) is 0 Å². The van der Waals surface area contributed by atoms with Crippen molar-refractivity contribution in [2.24, 2.45) is 11.5 Å². The molecular weight excluding hydrogens is 451 g/mol. The maximum absolute atomic E-state index is 14.1. The Balaban J connectivity index is 1.35. The Morgan fingerprint density at radius 2 is 1.82 bits per heavy atom. The summed E-state index contributed by atoms with van der Waals surface area (Å²) in [7, 11) is 0. The minimum Gasteiger partial charge on any atom is -0.361 e. The molecule has 3 heterocycles. The number of aryl methyl sites for hydroxylation is 1. The molecule has 0 aliphatic carbocycles. The third-order valence-electron chi connectivity index (χ3n) is 6.86. The SMILES string of the molecule is Cc1cc(CC(=O)NCC(=O)N2C3CC[C@H]2CC(N)(C(N)Cc2cc(F)c(F)cc2F)C3)on1. The zero-order valence-electron chi connectivity index (χ0n) is 18.8. The zero-order chi connectivity index (χ0) is 24.6. The van der Waals surface area contributed by atoms with Crippen LogP contribution in [0.4, 0.5) is 13.2 Å². The first-order valence-corrected chi connectivity index (χ1v) is 11.2. The Kier molecular flexibility index (Phi) is 6.68. The van der Waals surface area contributed by atoms with Gasteiger partial charge in [-0.1, -0.05) is 5.16 Å². The molecule has 2 bridgehead atoms. The fraction of sp³-hybridized carbons (Fsp3) is 0.522. The highest BCUT2D eigenvalue weighted by atomic mass is 19.2. The third kappa shape index (κ3) is 4.95. The Labute approximate surface area is 194 Å². The van der Waals surface area contributed by atoms with Crippen LogP contribution >= 0.6 is 0 Å². The van der Waals surface area contributed by atoms with E-state index in [4.69, 9.17) is 16.0 Å². The number of rotatable bonds is 7. The number of nitrogens with one attached hydrogen (secondary N) is 1. The lowest BCUT2D eigenvalue weighted by Gasteiger charge is -2.47. The third-order valence-corrected chi connectivity index (χ3v) is 6.86. The zero-order valence-corrected chi connectivity index (χ0v) is 18.8. The highest BCUT2D eigenvalue weighted by Crippen LogP contribution is 2.41. The van der Waals surface area contributed by atoms with Gasteiger partial charge in [0.25, 0.3) is 0 Å². The van der Waals surface area contributed by atoms with Crippen LogP contribution < -0.4 is 16.8 Å². The second-order valence-electron chi connectivity index (χ2n) is 9.38. The van der Waals surface area contributed by atoms with Crippen molar-refractivity contribution < 1.29 is 27.3 Å². The number of amides is 2.